The molecule has 1 rings (SSSR count). The van der Waals surface area contributed by atoms with E-state index in [0.717, 1.165) is 18.7 Å². The van der Waals surface area contributed by atoms with Crippen LogP contribution in [0.15, 0.2) is 42.5 Å². The predicted molar refractivity (Wildman–Crippen MR) is 67.4 cm³/mol. The van der Waals surface area contributed by atoms with E-state index in [0.29, 0.717) is 0 Å². The fraction of sp³-hybridized carbons (Fsp3) is 0.308. The largest absolute Gasteiger partial charge is 0.323 e. The van der Waals surface area contributed by atoms with Crippen molar-refractivity contribution in [1.82, 2.24) is 4.90 Å². The lowest BCUT2D eigenvalue weighted by Gasteiger charge is -2.05. The van der Waals surface area contributed by atoms with Crippen LogP contribution in [-0.2, 0) is 4.79 Å². The molecule has 0 aliphatic carbocycles. The van der Waals surface area contributed by atoms with Crippen molar-refractivity contribution < 1.29 is 4.79 Å². The van der Waals surface area contributed by atoms with Gasteiger partial charge in [0.05, 0.1) is 0 Å². The highest BCUT2D eigenvalue weighted by molar-refractivity contribution is 5.99. The molecule has 0 spiro atoms. The van der Waals surface area contributed by atoms with Crippen LogP contribution >= 0.6 is 0 Å². The van der Waals surface area contributed by atoms with E-state index in [1.807, 2.05) is 50.5 Å². The van der Waals surface area contributed by atoms with Crippen molar-refractivity contribution >= 4 is 11.6 Å². The molecule has 1 amide bonds. The molecule has 0 aromatic heterocycles. The Bertz CT molecular complexity index is 344. The molecule has 0 fully saturated rings. The summed E-state index contributed by atoms with van der Waals surface area (Å²) in [5.41, 5.74) is 0.824. The van der Waals surface area contributed by atoms with E-state index >= 15 is 0 Å². The average Bonchev–Trinajstić information content (AvgIpc) is 2.25. The highest BCUT2D eigenvalue weighted by Gasteiger charge is 1.95. The second-order valence-corrected chi connectivity index (χ2v) is 3.85. The second kappa shape index (κ2) is 6.80. The van der Waals surface area contributed by atoms with Gasteiger partial charge >= 0.3 is 0 Å². The number of nitrogens with zero attached hydrogens (tertiary/aromatic N) is 1. The Hall–Kier alpha value is -1.61. The number of benzene rings is 1. The van der Waals surface area contributed by atoms with E-state index < -0.39 is 0 Å². The number of amides is 1. The Morgan fingerprint density at radius 2 is 2.00 bits per heavy atom. The molecular formula is C13H18N2O. The Kier molecular flexibility index (Phi) is 5.29. The summed E-state index contributed by atoms with van der Waals surface area (Å²) in [5, 5.41) is 2.79. The van der Waals surface area contributed by atoms with Gasteiger partial charge in [-0.15, -0.1) is 0 Å². The van der Waals surface area contributed by atoms with Crippen molar-refractivity contribution in [2.24, 2.45) is 0 Å². The molecular weight excluding hydrogens is 200 g/mol. The van der Waals surface area contributed by atoms with Crippen LogP contribution < -0.4 is 5.32 Å². The smallest absolute Gasteiger partial charge is 0.248 e. The Morgan fingerprint density at radius 3 is 2.62 bits per heavy atom. The van der Waals surface area contributed by atoms with Gasteiger partial charge in [0.1, 0.15) is 0 Å². The summed E-state index contributed by atoms with van der Waals surface area (Å²) in [4.78, 5) is 13.5. The lowest BCUT2D eigenvalue weighted by Crippen LogP contribution is -2.12. The molecule has 1 aromatic rings. The zero-order valence-corrected chi connectivity index (χ0v) is 9.81. The number of para-hydroxylation sites is 1. The number of anilines is 1. The van der Waals surface area contributed by atoms with E-state index in [4.69, 9.17) is 0 Å². The normalized spacial score (nSPS) is 10.9. The van der Waals surface area contributed by atoms with Gasteiger partial charge in [0.25, 0.3) is 0 Å². The van der Waals surface area contributed by atoms with Gasteiger partial charge in [-0.1, -0.05) is 24.3 Å². The van der Waals surface area contributed by atoms with Crippen molar-refractivity contribution in [2.45, 2.75) is 6.42 Å². The third-order valence-corrected chi connectivity index (χ3v) is 2.05. The number of nitrogens with one attached hydrogen (secondary N) is 1. The monoisotopic (exact) mass is 218 g/mol. The van der Waals surface area contributed by atoms with Crippen molar-refractivity contribution in [3.8, 4) is 0 Å². The molecule has 0 aliphatic heterocycles. The first kappa shape index (κ1) is 12.5. The summed E-state index contributed by atoms with van der Waals surface area (Å²) in [6.07, 6.45) is 4.35. The van der Waals surface area contributed by atoms with Gasteiger partial charge in [-0.05, 0) is 38.7 Å². The first-order valence-corrected chi connectivity index (χ1v) is 5.36. The third-order valence-electron chi connectivity index (χ3n) is 2.05. The van der Waals surface area contributed by atoms with Gasteiger partial charge in [-0.25, -0.2) is 0 Å². The summed E-state index contributed by atoms with van der Waals surface area (Å²) < 4.78 is 0. The standard InChI is InChI=1S/C13H18N2O/c1-15(2)11-7-6-10-13(16)14-12-8-4-3-5-9-12/h3-6,8-10H,7,11H2,1-2H3,(H,14,16)/b10-6+. The third kappa shape index (κ3) is 5.32. The summed E-state index contributed by atoms with van der Waals surface area (Å²) in [6.45, 7) is 0.953. The maximum Gasteiger partial charge on any atom is 0.248 e. The topological polar surface area (TPSA) is 32.3 Å². The molecule has 16 heavy (non-hydrogen) atoms. The molecule has 0 heterocycles. The highest BCUT2D eigenvalue weighted by Crippen LogP contribution is 2.04. The maximum absolute atomic E-state index is 11.4. The van der Waals surface area contributed by atoms with Gasteiger partial charge in [0, 0.05) is 12.2 Å². The molecule has 0 saturated heterocycles. The fourth-order valence-electron chi connectivity index (χ4n) is 1.23. The van der Waals surface area contributed by atoms with Gasteiger partial charge < -0.3 is 10.2 Å². The van der Waals surface area contributed by atoms with E-state index in [1.165, 1.54) is 0 Å². The molecule has 0 aliphatic rings. The first-order valence-electron chi connectivity index (χ1n) is 5.36. The van der Waals surface area contributed by atoms with Crippen LogP contribution in [0.1, 0.15) is 6.42 Å². The van der Waals surface area contributed by atoms with Crippen LogP contribution in [0, 0.1) is 0 Å². The van der Waals surface area contributed by atoms with Crippen LogP contribution in [0.4, 0.5) is 5.69 Å². The number of rotatable bonds is 5. The van der Waals surface area contributed by atoms with Gasteiger partial charge in [-0.2, -0.15) is 0 Å². The lowest BCUT2D eigenvalue weighted by molar-refractivity contribution is -0.111. The van der Waals surface area contributed by atoms with E-state index in [-0.39, 0.29) is 5.91 Å². The minimum absolute atomic E-state index is 0.0787. The molecule has 1 aromatic carbocycles. The van der Waals surface area contributed by atoms with Crippen LogP contribution in [-0.4, -0.2) is 31.4 Å². The van der Waals surface area contributed by atoms with Crippen molar-refractivity contribution in [3.05, 3.63) is 42.5 Å². The van der Waals surface area contributed by atoms with Crippen LogP contribution in [0.25, 0.3) is 0 Å². The number of hydrogen-bond acceptors (Lipinski definition) is 2. The predicted octanol–water partition coefficient (Wildman–Crippen LogP) is 2.13. The van der Waals surface area contributed by atoms with Crippen molar-refractivity contribution in [3.63, 3.8) is 0 Å². The Labute approximate surface area is 96.8 Å². The number of carbonyl (C=O) groups excluding carboxylic acids is 1. The quantitative estimate of drug-likeness (QED) is 0.768. The first-order chi connectivity index (χ1) is 7.68. The minimum atomic E-state index is -0.0787. The number of hydrogen-bond donors (Lipinski definition) is 1. The lowest BCUT2D eigenvalue weighted by atomic mass is 10.3. The zero-order valence-electron chi connectivity index (χ0n) is 9.81. The molecule has 0 bridgehead atoms. The summed E-state index contributed by atoms with van der Waals surface area (Å²) in [5.74, 6) is -0.0787. The average molecular weight is 218 g/mol. The van der Waals surface area contributed by atoms with Crippen LogP contribution in [0.5, 0.6) is 0 Å². The van der Waals surface area contributed by atoms with Gasteiger partial charge in [0.15, 0.2) is 0 Å². The fourth-order valence-corrected chi connectivity index (χ4v) is 1.23. The molecule has 1 N–H and O–H groups in total. The van der Waals surface area contributed by atoms with Crippen LogP contribution in [0.3, 0.4) is 0 Å². The molecule has 3 nitrogen and oxygen atoms in total. The van der Waals surface area contributed by atoms with Crippen LogP contribution in [0.2, 0.25) is 0 Å². The van der Waals surface area contributed by atoms with Crippen molar-refractivity contribution in [2.75, 3.05) is 26.0 Å². The molecule has 0 radical (unpaired) electrons. The summed E-state index contributed by atoms with van der Waals surface area (Å²) in [7, 11) is 4.02. The molecule has 0 saturated carbocycles. The van der Waals surface area contributed by atoms with Crippen molar-refractivity contribution in [1.29, 1.82) is 0 Å². The number of carbonyl (C=O) groups is 1. The summed E-state index contributed by atoms with van der Waals surface area (Å²) in [6, 6.07) is 9.44. The highest BCUT2D eigenvalue weighted by atomic mass is 16.1. The van der Waals surface area contributed by atoms with E-state index in [2.05, 4.69) is 10.2 Å². The molecule has 0 atom stereocenters. The van der Waals surface area contributed by atoms with Gasteiger partial charge in [0.2, 0.25) is 5.91 Å². The van der Waals surface area contributed by atoms with E-state index in [1.54, 1.807) is 6.08 Å². The van der Waals surface area contributed by atoms with E-state index in [9.17, 15) is 4.79 Å². The SMILES string of the molecule is CN(C)CC/C=C/C(=O)Nc1ccccc1. The molecule has 3 heteroatoms. The zero-order chi connectivity index (χ0) is 11.8. The Balaban J connectivity index is 2.31. The Morgan fingerprint density at radius 1 is 1.31 bits per heavy atom. The molecule has 0 unspecified atom stereocenters. The summed E-state index contributed by atoms with van der Waals surface area (Å²) >= 11 is 0. The van der Waals surface area contributed by atoms with Gasteiger partial charge in [-0.3, -0.25) is 4.79 Å². The molecule has 86 valence electrons. The maximum atomic E-state index is 11.4. The minimum Gasteiger partial charge on any atom is -0.323 e. The second-order valence-electron chi connectivity index (χ2n) is 3.85.